The molecule has 0 aliphatic heterocycles. The second-order valence-electron chi connectivity index (χ2n) is 4.01. The zero-order valence-electron chi connectivity index (χ0n) is 11.3. The molecule has 112 valence electrons. The topological polar surface area (TPSA) is 95.2 Å². The zero-order chi connectivity index (χ0) is 16.1. The SMILES string of the molecule is COc1cc(/C=C(\C#N)C(=O)Nc2nccs2)cc(Br)c1O. The number of rotatable bonds is 4. The predicted molar refractivity (Wildman–Crippen MR) is 86.7 cm³/mol. The van der Waals surface area contributed by atoms with E-state index >= 15 is 0 Å². The van der Waals surface area contributed by atoms with Crippen molar-refractivity contribution in [1.29, 1.82) is 5.26 Å². The third-order valence-electron chi connectivity index (χ3n) is 2.60. The molecule has 0 spiro atoms. The first-order valence-corrected chi connectivity index (χ1v) is 7.61. The molecule has 22 heavy (non-hydrogen) atoms. The molecule has 0 unspecified atom stereocenters. The van der Waals surface area contributed by atoms with Crippen molar-refractivity contribution in [3.63, 3.8) is 0 Å². The van der Waals surface area contributed by atoms with Crippen molar-refractivity contribution in [2.75, 3.05) is 12.4 Å². The number of carbonyl (C=O) groups excluding carboxylic acids is 1. The van der Waals surface area contributed by atoms with Crippen LogP contribution in [0.1, 0.15) is 5.56 Å². The van der Waals surface area contributed by atoms with E-state index in [2.05, 4.69) is 26.2 Å². The van der Waals surface area contributed by atoms with Crippen molar-refractivity contribution >= 4 is 44.4 Å². The van der Waals surface area contributed by atoms with Crippen LogP contribution < -0.4 is 10.1 Å². The third kappa shape index (κ3) is 3.63. The number of benzene rings is 1. The summed E-state index contributed by atoms with van der Waals surface area (Å²) in [5.74, 6) is -0.371. The fourth-order valence-electron chi connectivity index (χ4n) is 1.60. The molecule has 0 aliphatic rings. The number of amides is 1. The Labute approximate surface area is 138 Å². The minimum absolute atomic E-state index is 0.0506. The summed E-state index contributed by atoms with van der Waals surface area (Å²) < 4.78 is 5.43. The fraction of sp³-hybridized carbons (Fsp3) is 0.0714. The lowest BCUT2D eigenvalue weighted by molar-refractivity contribution is -0.112. The number of nitrogens with zero attached hydrogens (tertiary/aromatic N) is 2. The van der Waals surface area contributed by atoms with Crippen LogP contribution in [0.4, 0.5) is 5.13 Å². The first kappa shape index (κ1) is 16.0. The van der Waals surface area contributed by atoms with E-state index in [-0.39, 0.29) is 17.1 Å². The predicted octanol–water partition coefficient (Wildman–Crippen LogP) is 3.17. The van der Waals surface area contributed by atoms with Crippen molar-refractivity contribution in [1.82, 2.24) is 4.98 Å². The number of aromatic hydroxyl groups is 1. The van der Waals surface area contributed by atoms with Crippen LogP contribution in [0.2, 0.25) is 0 Å². The number of phenols is 1. The summed E-state index contributed by atoms with van der Waals surface area (Å²) in [5.41, 5.74) is 0.446. The monoisotopic (exact) mass is 379 g/mol. The Hall–Kier alpha value is -2.37. The number of phenolic OH excluding ortho intramolecular Hbond substituents is 1. The van der Waals surface area contributed by atoms with Gasteiger partial charge >= 0.3 is 0 Å². The minimum atomic E-state index is -0.555. The lowest BCUT2D eigenvalue weighted by Crippen LogP contribution is -2.13. The lowest BCUT2D eigenvalue weighted by Gasteiger charge is -2.07. The number of anilines is 1. The number of methoxy groups -OCH3 is 1. The molecule has 0 atom stereocenters. The highest BCUT2D eigenvalue weighted by molar-refractivity contribution is 9.10. The van der Waals surface area contributed by atoms with Crippen LogP contribution >= 0.6 is 27.3 Å². The highest BCUT2D eigenvalue weighted by atomic mass is 79.9. The van der Waals surface area contributed by atoms with Gasteiger partial charge in [-0.25, -0.2) is 4.98 Å². The average Bonchev–Trinajstić information content (AvgIpc) is 3.00. The molecule has 2 aromatic rings. The number of hydrogen-bond donors (Lipinski definition) is 2. The van der Waals surface area contributed by atoms with Gasteiger partial charge < -0.3 is 9.84 Å². The Bertz CT molecular complexity index is 766. The van der Waals surface area contributed by atoms with E-state index in [1.165, 1.54) is 30.6 Å². The Morgan fingerprint density at radius 3 is 2.95 bits per heavy atom. The number of halogens is 1. The molecule has 1 aromatic carbocycles. The summed E-state index contributed by atoms with van der Waals surface area (Å²) in [5, 5.41) is 23.6. The highest BCUT2D eigenvalue weighted by Gasteiger charge is 2.13. The van der Waals surface area contributed by atoms with Crippen LogP contribution in [0.25, 0.3) is 6.08 Å². The van der Waals surface area contributed by atoms with E-state index in [1.54, 1.807) is 17.6 Å². The molecule has 1 heterocycles. The Morgan fingerprint density at radius 2 is 2.36 bits per heavy atom. The van der Waals surface area contributed by atoms with Crippen molar-refractivity contribution in [3.8, 4) is 17.6 Å². The second kappa shape index (κ2) is 7.06. The van der Waals surface area contributed by atoms with E-state index in [9.17, 15) is 9.90 Å². The van der Waals surface area contributed by atoms with E-state index in [4.69, 9.17) is 10.00 Å². The molecule has 0 radical (unpaired) electrons. The first-order chi connectivity index (χ1) is 10.5. The maximum Gasteiger partial charge on any atom is 0.268 e. The second-order valence-corrected chi connectivity index (χ2v) is 5.76. The number of thiazole rings is 1. The van der Waals surface area contributed by atoms with Crippen molar-refractivity contribution < 1.29 is 14.6 Å². The van der Waals surface area contributed by atoms with Gasteiger partial charge in [0.05, 0.1) is 11.6 Å². The molecule has 0 saturated carbocycles. The number of hydrogen-bond acceptors (Lipinski definition) is 6. The van der Waals surface area contributed by atoms with E-state index < -0.39 is 5.91 Å². The molecule has 6 nitrogen and oxygen atoms in total. The molecule has 0 fully saturated rings. The van der Waals surface area contributed by atoms with Gasteiger partial charge in [0, 0.05) is 11.6 Å². The molecule has 2 rings (SSSR count). The van der Waals surface area contributed by atoms with Crippen LogP contribution in [0.5, 0.6) is 11.5 Å². The molecule has 0 bridgehead atoms. The Morgan fingerprint density at radius 1 is 1.59 bits per heavy atom. The Kier molecular flexibility index (Phi) is 5.14. The first-order valence-electron chi connectivity index (χ1n) is 5.94. The maximum absolute atomic E-state index is 12.0. The fourth-order valence-corrected chi connectivity index (χ4v) is 2.58. The van der Waals surface area contributed by atoms with E-state index in [1.807, 2.05) is 6.07 Å². The number of nitrogens with one attached hydrogen (secondary N) is 1. The largest absolute Gasteiger partial charge is 0.503 e. The molecular weight excluding hydrogens is 370 g/mol. The quantitative estimate of drug-likeness (QED) is 0.628. The average molecular weight is 380 g/mol. The summed E-state index contributed by atoms with van der Waals surface area (Å²) in [6.45, 7) is 0. The molecule has 0 aliphatic carbocycles. The minimum Gasteiger partial charge on any atom is -0.503 e. The summed E-state index contributed by atoms with van der Waals surface area (Å²) in [6, 6.07) is 4.94. The van der Waals surface area contributed by atoms with Gasteiger partial charge in [-0.2, -0.15) is 5.26 Å². The molecule has 2 N–H and O–H groups in total. The molecule has 1 aromatic heterocycles. The zero-order valence-corrected chi connectivity index (χ0v) is 13.7. The van der Waals surface area contributed by atoms with Crippen LogP contribution in [0.15, 0.2) is 33.8 Å². The van der Waals surface area contributed by atoms with Gasteiger partial charge in [-0.15, -0.1) is 11.3 Å². The molecule has 0 saturated heterocycles. The van der Waals surface area contributed by atoms with Crippen LogP contribution in [0.3, 0.4) is 0 Å². The maximum atomic E-state index is 12.0. The third-order valence-corrected chi connectivity index (χ3v) is 3.89. The summed E-state index contributed by atoms with van der Waals surface area (Å²) >= 11 is 4.44. The number of ether oxygens (including phenoxy) is 1. The van der Waals surface area contributed by atoms with E-state index in [0.29, 0.717) is 15.2 Å². The van der Waals surface area contributed by atoms with Gasteiger partial charge in [0.1, 0.15) is 11.6 Å². The molecular formula is C14H10BrN3O3S. The number of nitriles is 1. The van der Waals surface area contributed by atoms with E-state index in [0.717, 1.165) is 0 Å². The highest BCUT2D eigenvalue weighted by Crippen LogP contribution is 2.35. The van der Waals surface area contributed by atoms with Gasteiger partial charge in [0.25, 0.3) is 5.91 Å². The summed E-state index contributed by atoms with van der Waals surface area (Å²) in [4.78, 5) is 15.9. The van der Waals surface area contributed by atoms with Crippen molar-refractivity contribution in [2.24, 2.45) is 0 Å². The summed E-state index contributed by atoms with van der Waals surface area (Å²) in [6.07, 6.45) is 2.95. The van der Waals surface area contributed by atoms with Crippen molar-refractivity contribution in [2.45, 2.75) is 0 Å². The smallest absolute Gasteiger partial charge is 0.268 e. The summed E-state index contributed by atoms with van der Waals surface area (Å²) in [7, 11) is 1.41. The Balaban J connectivity index is 2.31. The van der Waals surface area contributed by atoms with Crippen LogP contribution in [0, 0.1) is 11.3 Å². The van der Waals surface area contributed by atoms with Crippen LogP contribution in [-0.2, 0) is 4.79 Å². The van der Waals surface area contributed by atoms with Gasteiger partial charge in [-0.05, 0) is 39.7 Å². The van der Waals surface area contributed by atoms with Gasteiger partial charge in [-0.1, -0.05) is 0 Å². The van der Waals surface area contributed by atoms with Gasteiger partial charge in [0.15, 0.2) is 16.6 Å². The standard InChI is InChI=1S/C14H10BrN3O3S/c1-21-11-6-8(5-10(15)12(11)19)4-9(7-16)13(20)18-14-17-2-3-22-14/h2-6,19H,1H3,(H,17,18,20)/b9-4+. The van der Waals surface area contributed by atoms with Gasteiger partial charge in [0.2, 0.25) is 0 Å². The molecule has 8 heteroatoms. The van der Waals surface area contributed by atoms with Gasteiger partial charge in [-0.3, -0.25) is 10.1 Å². The lowest BCUT2D eigenvalue weighted by atomic mass is 10.1. The molecule has 1 amide bonds. The number of aromatic nitrogens is 1. The normalized spacial score (nSPS) is 10.9. The van der Waals surface area contributed by atoms with Crippen molar-refractivity contribution in [3.05, 3.63) is 39.3 Å². The van der Waals surface area contributed by atoms with Crippen LogP contribution in [-0.4, -0.2) is 23.1 Å². The number of carbonyl (C=O) groups is 1.